The first-order chi connectivity index (χ1) is 9.06. The second-order valence-electron chi connectivity index (χ2n) is 4.96. The SMILES string of the molecule is CCC(CC)C(O)CNC(=O)CCc1ccc(C)o1. The molecule has 0 saturated heterocycles. The summed E-state index contributed by atoms with van der Waals surface area (Å²) in [6.45, 7) is 6.33. The zero-order chi connectivity index (χ0) is 14.3. The highest BCUT2D eigenvalue weighted by molar-refractivity contribution is 5.76. The molecule has 1 rings (SSSR count). The van der Waals surface area contributed by atoms with Crippen molar-refractivity contribution in [3.05, 3.63) is 23.7 Å². The number of rotatable bonds is 8. The molecule has 4 heteroatoms. The first-order valence-corrected chi connectivity index (χ1v) is 7.06. The molecule has 1 heterocycles. The Balaban J connectivity index is 2.24. The maximum atomic E-state index is 11.7. The Morgan fingerprint density at radius 2 is 2.05 bits per heavy atom. The molecule has 4 nitrogen and oxygen atoms in total. The molecule has 19 heavy (non-hydrogen) atoms. The highest BCUT2D eigenvalue weighted by Gasteiger charge is 2.16. The third-order valence-corrected chi connectivity index (χ3v) is 3.50. The number of carbonyl (C=O) groups is 1. The van der Waals surface area contributed by atoms with Gasteiger partial charge in [-0.2, -0.15) is 0 Å². The van der Waals surface area contributed by atoms with Crippen molar-refractivity contribution >= 4 is 5.91 Å². The third-order valence-electron chi connectivity index (χ3n) is 3.50. The minimum atomic E-state index is -0.454. The fourth-order valence-electron chi connectivity index (χ4n) is 2.16. The molecule has 0 spiro atoms. The summed E-state index contributed by atoms with van der Waals surface area (Å²) in [7, 11) is 0. The number of furan rings is 1. The van der Waals surface area contributed by atoms with E-state index in [1.54, 1.807) is 0 Å². The van der Waals surface area contributed by atoms with Gasteiger partial charge in [-0.3, -0.25) is 4.79 Å². The smallest absolute Gasteiger partial charge is 0.220 e. The molecule has 1 unspecified atom stereocenters. The maximum Gasteiger partial charge on any atom is 0.220 e. The number of hydrogen-bond acceptors (Lipinski definition) is 3. The van der Waals surface area contributed by atoms with Gasteiger partial charge in [0.1, 0.15) is 11.5 Å². The van der Waals surface area contributed by atoms with Crippen LogP contribution < -0.4 is 5.32 Å². The van der Waals surface area contributed by atoms with E-state index in [-0.39, 0.29) is 11.8 Å². The second kappa shape index (κ2) is 8.00. The van der Waals surface area contributed by atoms with Gasteiger partial charge >= 0.3 is 0 Å². The number of aliphatic hydroxyl groups is 1. The van der Waals surface area contributed by atoms with E-state index in [2.05, 4.69) is 19.2 Å². The predicted molar refractivity (Wildman–Crippen MR) is 74.9 cm³/mol. The van der Waals surface area contributed by atoms with Gasteiger partial charge < -0.3 is 14.8 Å². The van der Waals surface area contributed by atoms with Crippen molar-refractivity contribution in [2.45, 2.75) is 52.6 Å². The number of nitrogens with one attached hydrogen (secondary N) is 1. The number of hydrogen-bond donors (Lipinski definition) is 2. The summed E-state index contributed by atoms with van der Waals surface area (Å²) in [6.07, 6.45) is 2.40. The molecule has 0 aliphatic heterocycles. The van der Waals surface area contributed by atoms with Crippen LogP contribution in [0.5, 0.6) is 0 Å². The van der Waals surface area contributed by atoms with Gasteiger partial charge in [0.05, 0.1) is 6.10 Å². The number of amides is 1. The van der Waals surface area contributed by atoms with Crippen LogP contribution in [-0.2, 0) is 11.2 Å². The molecular weight excluding hydrogens is 242 g/mol. The van der Waals surface area contributed by atoms with Crippen LogP contribution in [0.2, 0.25) is 0 Å². The largest absolute Gasteiger partial charge is 0.466 e. The summed E-state index contributed by atoms with van der Waals surface area (Å²) < 4.78 is 5.40. The molecule has 0 aliphatic carbocycles. The van der Waals surface area contributed by atoms with E-state index in [1.807, 2.05) is 19.1 Å². The molecule has 0 aliphatic rings. The lowest BCUT2D eigenvalue weighted by atomic mass is 9.96. The molecule has 1 aromatic heterocycles. The predicted octanol–water partition coefficient (Wildman–Crippen LogP) is 2.43. The molecule has 0 aromatic carbocycles. The van der Waals surface area contributed by atoms with E-state index in [0.29, 0.717) is 19.4 Å². The lowest BCUT2D eigenvalue weighted by Gasteiger charge is -2.20. The van der Waals surface area contributed by atoms with Crippen LogP contribution in [-0.4, -0.2) is 23.7 Å². The van der Waals surface area contributed by atoms with Gasteiger partial charge in [0.25, 0.3) is 0 Å². The summed E-state index contributed by atoms with van der Waals surface area (Å²) in [5.41, 5.74) is 0. The van der Waals surface area contributed by atoms with Crippen molar-refractivity contribution < 1.29 is 14.3 Å². The highest BCUT2D eigenvalue weighted by Crippen LogP contribution is 2.12. The third kappa shape index (κ3) is 5.47. The van der Waals surface area contributed by atoms with E-state index < -0.39 is 6.10 Å². The molecule has 1 amide bonds. The second-order valence-corrected chi connectivity index (χ2v) is 4.96. The van der Waals surface area contributed by atoms with Crippen LogP contribution in [0.25, 0.3) is 0 Å². The Bertz CT molecular complexity index is 382. The molecule has 0 bridgehead atoms. The van der Waals surface area contributed by atoms with Crippen LogP contribution in [0, 0.1) is 12.8 Å². The summed E-state index contributed by atoms with van der Waals surface area (Å²) in [5, 5.41) is 12.7. The van der Waals surface area contributed by atoms with Gasteiger partial charge in [-0.25, -0.2) is 0 Å². The minimum absolute atomic E-state index is 0.0425. The van der Waals surface area contributed by atoms with Crippen LogP contribution >= 0.6 is 0 Å². The van der Waals surface area contributed by atoms with Crippen molar-refractivity contribution in [1.29, 1.82) is 0 Å². The molecule has 0 saturated carbocycles. The topological polar surface area (TPSA) is 62.5 Å². The van der Waals surface area contributed by atoms with E-state index in [9.17, 15) is 9.90 Å². The first-order valence-electron chi connectivity index (χ1n) is 7.06. The van der Waals surface area contributed by atoms with Crippen molar-refractivity contribution in [1.82, 2.24) is 5.32 Å². The van der Waals surface area contributed by atoms with Gasteiger partial charge in [0.2, 0.25) is 5.91 Å². The lowest BCUT2D eigenvalue weighted by molar-refractivity contribution is -0.121. The Kier molecular flexibility index (Phi) is 6.64. The maximum absolute atomic E-state index is 11.7. The van der Waals surface area contributed by atoms with E-state index in [0.717, 1.165) is 24.4 Å². The molecule has 0 fully saturated rings. The standard InChI is InChI=1S/C15H25NO3/c1-4-12(5-2)14(17)10-16-15(18)9-8-13-7-6-11(3)19-13/h6-7,12,14,17H,4-5,8-10H2,1-3H3,(H,16,18). The van der Waals surface area contributed by atoms with Gasteiger partial charge in [-0.15, -0.1) is 0 Å². The fourth-order valence-corrected chi connectivity index (χ4v) is 2.16. The van der Waals surface area contributed by atoms with Crippen LogP contribution in [0.15, 0.2) is 16.5 Å². The average Bonchev–Trinajstić information content (AvgIpc) is 2.81. The van der Waals surface area contributed by atoms with Gasteiger partial charge in [0.15, 0.2) is 0 Å². The summed E-state index contributed by atoms with van der Waals surface area (Å²) in [6, 6.07) is 3.78. The molecule has 1 aromatic rings. The zero-order valence-corrected chi connectivity index (χ0v) is 12.1. The number of aliphatic hydroxyl groups excluding tert-OH is 1. The number of carbonyl (C=O) groups excluding carboxylic acids is 1. The van der Waals surface area contributed by atoms with Gasteiger partial charge in [-0.05, 0) is 25.0 Å². The number of aryl methyl sites for hydroxylation is 2. The zero-order valence-electron chi connectivity index (χ0n) is 12.1. The van der Waals surface area contributed by atoms with E-state index in [1.165, 1.54) is 0 Å². The molecule has 1 atom stereocenters. The monoisotopic (exact) mass is 267 g/mol. The van der Waals surface area contributed by atoms with Crippen LogP contribution in [0.1, 0.15) is 44.6 Å². The quantitative estimate of drug-likeness (QED) is 0.760. The Hall–Kier alpha value is -1.29. The lowest BCUT2D eigenvalue weighted by Crippen LogP contribution is -2.36. The van der Waals surface area contributed by atoms with Gasteiger partial charge in [-0.1, -0.05) is 26.7 Å². The van der Waals surface area contributed by atoms with Crippen molar-refractivity contribution in [2.75, 3.05) is 6.54 Å². The summed E-state index contributed by atoms with van der Waals surface area (Å²) in [4.78, 5) is 11.7. The minimum Gasteiger partial charge on any atom is -0.466 e. The molecule has 108 valence electrons. The highest BCUT2D eigenvalue weighted by atomic mass is 16.3. The van der Waals surface area contributed by atoms with E-state index in [4.69, 9.17) is 4.42 Å². The average molecular weight is 267 g/mol. The Morgan fingerprint density at radius 1 is 1.37 bits per heavy atom. The van der Waals surface area contributed by atoms with Crippen molar-refractivity contribution in [3.63, 3.8) is 0 Å². The van der Waals surface area contributed by atoms with Crippen molar-refractivity contribution in [3.8, 4) is 0 Å². The summed E-state index contributed by atoms with van der Waals surface area (Å²) >= 11 is 0. The molecule has 0 radical (unpaired) electrons. The van der Waals surface area contributed by atoms with Gasteiger partial charge in [0, 0.05) is 19.4 Å². The van der Waals surface area contributed by atoms with Crippen LogP contribution in [0.4, 0.5) is 0 Å². The first kappa shape index (κ1) is 15.8. The Labute approximate surface area is 115 Å². The molecular formula is C15H25NO3. The Morgan fingerprint density at radius 3 is 2.58 bits per heavy atom. The van der Waals surface area contributed by atoms with E-state index >= 15 is 0 Å². The molecule has 2 N–H and O–H groups in total. The fraction of sp³-hybridized carbons (Fsp3) is 0.667. The van der Waals surface area contributed by atoms with Crippen LogP contribution in [0.3, 0.4) is 0 Å². The van der Waals surface area contributed by atoms with Crippen molar-refractivity contribution in [2.24, 2.45) is 5.92 Å². The normalized spacial score (nSPS) is 12.7. The summed E-state index contributed by atoms with van der Waals surface area (Å²) in [5.74, 6) is 1.90.